The molecule has 5 heteroatoms. The molecule has 1 heterocycles. The highest BCUT2D eigenvalue weighted by atomic mass is 16.5. The quantitative estimate of drug-likeness (QED) is 0.750. The molecule has 0 radical (unpaired) electrons. The molecule has 1 aromatic heterocycles. The van der Waals surface area contributed by atoms with Crippen molar-refractivity contribution >= 4 is 5.88 Å². The minimum absolute atomic E-state index is 0.287. The molecule has 0 aliphatic carbocycles. The summed E-state index contributed by atoms with van der Waals surface area (Å²) in [4.78, 5) is 0. The molecule has 0 amide bonds. The van der Waals surface area contributed by atoms with Crippen LogP contribution in [0.3, 0.4) is 0 Å². The lowest BCUT2D eigenvalue weighted by Gasteiger charge is -1.99. The summed E-state index contributed by atoms with van der Waals surface area (Å²) in [6, 6.07) is 15.6. The zero-order valence-corrected chi connectivity index (χ0v) is 11.9. The summed E-state index contributed by atoms with van der Waals surface area (Å²) in [5.41, 5.74) is 9.66. The molecular weight excluding hydrogens is 266 g/mol. The van der Waals surface area contributed by atoms with Gasteiger partial charge in [0.2, 0.25) is 11.0 Å². The smallest absolute Gasteiger partial charge is 0.311 e. The molecule has 0 atom stereocenters. The fourth-order valence-electron chi connectivity index (χ4n) is 2.15. The summed E-state index contributed by atoms with van der Waals surface area (Å²) < 4.78 is 12.0. The Bertz CT molecular complexity index is 746. The molecule has 3 rings (SSSR count). The maximum atomic E-state index is 5.93. The van der Waals surface area contributed by atoms with Crippen LogP contribution in [0.1, 0.15) is 5.56 Å². The normalized spacial score (nSPS) is 10.6. The summed E-state index contributed by atoms with van der Waals surface area (Å²) in [5, 5.41) is 4.02. The molecule has 0 fully saturated rings. The van der Waals surface area contributed by atoms with E-state index in [4.69, 9.17) is 15.0 Å². The molecule has 5 nitrogen and oxygen atoms in total. The van der Waals surface area contributed by atoms with Gasteiger partial charge in [-0.3, -0.25) is 4.52 Å². The van der Waals surface area contributed by atoms with Gasteiger partial charge in [0.15, 0.2) is 0 Å². The molecule has 21 heavy (non-hydrogen) atoms. The Morgan fingerprint density at radius 3 is 2.33 bits per heavy atom. The van der Waals surface area contributed by atoms with E-state index in [1.165, 1.54) is 5.56 Å². The third-order valence-corrected chi connectivity index (χ3v) is 3.31. The number of methoxy groups -OCH3 is 1. The number of hydrogen-bond donors (Lipinski definition) is 1. The number of rotatable bonds is 3. The second kappa shape index (κ2) is 5.28. The van der Waals surface area contributed by atoms with Crippen LogP contribution in [0, 0.1) is 6.92 Å². The Morgan fingerprint density at radius 1 is 1.05 bits per heavy atom. The van der Waals surface area contributed by atoms with Gasteiger partial charge in [-0.05, 0) is 35.9 Å². The first-order chi connectivity index (χ1) is 10.2. The maximum Gasteiger partial charge on any atom is 0.311 e. The Balaban J connectivity index is 2.09. The molecular formula is C16H16N3O2+. The van der Waals surface area contributed by atoms with Crippen molar-refractivity contribution in [2.24, 2.45) is 0 Å². The predicted molar refractivity (Wildman–Crippen MR) is 79.2 cm³/mol. The fraction of sp³-hybridized carbons (Fsp3) is 0.125. The lowest BCUT2D eigenvalue weighted by Crippen LogP contribution is -2.34. The van der Waals surface area contributed by atoms with Crippen LogP contribution in [-0.4, -0.2) is 12.4 Å². The van der Waals surface area contributed by atoms with Crippen molar-refractivity contribution in [1.29, 1.82) is 0 Å². The number of hydrogen-bond acceptors (Lipinski definition) is 4. The molecule has 2 aromatic carbocycles. The molecule has 0 aliphatic heterocycles. The molecule has 106 valence electrons. The number of nitrogen functional groups attached to an aromatic ring is 1. The van der Waals surface area contributed by atoms with Crippen LogP contribution in [0.4, 0.5) is 5.88 Å². The summed E-state index contributed by atoms with van der Waals surface area (Å²) in [6.45, 7) is 2.04. The molecule has 0 aliphatic rings. The predicted octanol–water partition coefficient (Wildman–Crippen LogP) is 2.52. The highest BCUT2D eigenvalue weighted by Crippen LogP contribution is 2.23. The van der Waals surface area contributed by atoms with Crippen LogP contribution in [0.25, 0.3) is 16.9 Å². The average Bonchev–Trinajstić information content (AvgIpc) is 2.90. The van der Waals surface area contributed by atoms with Gasteiger partial charge in [0.25, 0.3) is 0 Å². The zero-order valence-electron chi connectivity index (χ0n) is 11.9. The number of aromatic nitrogens is 2. The largest absolute Gasteiger partial charge is 0.497 e. The summed E-state index contributed by atoms with van der Waals surface area (Å²) >= 11 is 0. The first-order valence-electron chi connectivity index (χ1n) is 6.58. The van der Waals surface area contributed by atoms with E-state index < -0.39 is 0 Å². The second-order valence-corrected chi connectivity index (χ2v) is 4.76. The van der Waals surface area contributed by atoms with E-state index in [0.717, 1.165) is 22.7 Å². The summed E-state index contributed by atoms with van der Waals surface area (Å²) in [5.74, 6) is 1.07. The number of benzene rings is 2. The topological polar surface area (TPSA) is 65.2 Å². The third-order valence-electron chi connectivity index (χ3n) is 3.31. The van der Waals surface area contributed by atoms with Gasteiger partial charge in [-0.1, -0.05) is 17.7 Å². The first-order valence-corrected chi connectivity index (χ1v) is 6.58. The highest BCUT2D eigenvalue weighted by Gasteiger charge is 2.26. The number of aryl methyl sites for hydroxylation is 1. The average molecular weight is 282 g/mol. The SMILES string of the molecule is COc1ccc(-[n+]2noc(N)c2-c2ccc(C)cc2)cc1. The van der Waals surface area contributed by atoms with Crippen molar-refractivity contribution in [3.63, 3.8) is 0 Å². The van der Waals surface area contributed by atoms with E-state index in [2.05, 4.69) is 5.27 Å². The monoisotopic (exact) mass is 282 g/mol. The van der Waals surface area contributed by atoms with Crippen LogP contribution in [0.15, 0.2) is 53.1 Å². The van der Waals surface area contributed by atoms with Gasteiger partial charge >= 0.3 is 11.6 Å². The van der Waals surface area contributed by atoms with E-state index in [0.29, 0.717) is 0 Å². The molecule has 0 bridgehead atoms. The van der Waals surface area contributed by atoms with Gasteiger partial charge in [-0.2, -0.15) is 0 Å². The van der Waals surface area contributed by atoms with Gasteiger partial charge in [0.1, 0.15) is 5.75 Å². The van der Waals surface area contributed by atoms with Crippen molar-refractivity contribution in [2.75, 3.05) is 12.8 Å². The van der Waals surface area contributed by atoms with Gasteiger partial charge in [0, 0.05) is 12.1 Å². The van der Waals surface area contributed by atoms with Crippen molar-refractivity contribution in [2.45, 2.75) is 6.92 Å². The Labute approximate surface area is 122 Å². The number of nitrogens with two attached hydrogens (primary N) is 1. The molecule has 2 N–H and O–H groups in total. The minimum atomic E-state index is 0.287. The van der Waals surface area contributed by atoms with Crippen LogP contribution in [0.5, 0.6) is 5.75 Å². The van der Waals surface area contributed by atoms with Crippen LogP contribution < -0.4 is 15.2 Å². The Morgan fingerprint density at radius 2 is 1.71 bits per heavy atom. The molecule has 0 unspecified atom stereocenters. The Kier molecular flexibility index (Phi) is 3.31. The maximum absolute atomic E-state index is 5.93. The van der Waals surface area contributed by atoms with Crippen LogP contribution in [0.2, 0.25) is 0 Å². The third kappa shape index (κ3) is 2.45. The van der Waals surface area contributed by atoms with Gasteiger partial charge in [0.05, 0.1) is 12.7 Å². The first kappa shape index (κ1) is 13.2. The molecule has 0 spiro atoms. The lowest BCUT2D eigenvalue weighted by molar-refractivity contribution is -0.660. The van der Waals surface area contributed by atoms with Crippen molar-refractivity contribution in [1.82, 2.24) is 5.27 Å². The van der Waals surface area contributed by atoms with Gasteiger partial charge < -0.3 is 10.5 Å². The van der Waals surface area contributed by atoms with E-state index in [-0.39, 0.29) is 5.88 Å². The zero-order chi connectivity index (χ0) is 14.8. The number of ether oxygens (including phenoxy) is 1. The molecule has 0 saturated heterocycles. The Hall–Kier alpha value is -2.82. The van der Waals surface area contributed by atoms with E-state index in [1.54, 1.807) is 11.8 Å². The van der Waals surface area contributed by atoms with Gasteiger partial charge in [-0.15, -0.1) is 0 Å². The van der Waals surface area contributed by atoms with E-state index in [9.17, 15) is 0 Å². The molecule has 3 aromatic rings. The van der Waals surface area contributed by atoms with E-state index >= 15 is 0 Å². The second-order valence-electron chi connectivity index (χ2n) is 4.76. The fourth-order valence-corrected chi connectivity index (χ4v) is 2.15. The summed E-state index contributed by atoms with van der Waals surface area (Å²) in [6.07, 6.45) is 0. The standard InChI is InChI=1S/C16H16N3O2/c1-11-3-5-12(6-4-11)15-16(17)21-18-19(15)13-7-9-14(20-2)10-8-13/h3-10H,17H2,1-2H3/q+1. The number of nitrogens with zero attached hydrogens (tertiary/aromatic N) is 2. The van der Waals surface area contributed by atoms with E-state index in [1.807, 2.05) is 55.5 Å². The lowest BCUT2D eigenvalue weighted by atomic mass is 10.1. The van der Waals surface area contributed by atoms with Crippen molar-refractivity contribution < 1.29 is 13.9 Å². The minimum Gasteiger partial charge on any atom is -0.497 e. The number of anilines is 1. The summed E-state index contributed by atoms with van der Waals surface area (Å²) in [7, 11) is 1.63. The van der Waals surface area contributed by atoms with Crippen molar-refractivity contribution in [3.8, 4) is 22.7 Å². The van der Waals surface area contributed by atoms with Crippen LogP contribution in [-0.2, 0) is 0 Å². The molecule has 0 saturated carbocycles. The van der Waals surface area contributed by atoms with Crippen molar-refractivity contribution in [3.05, 3.63) is 54.1 Å². The highest BCUT2D eigenvalue weighted by molar-refractivity contribution is 5.66. The van der Waals surface area contributed by atoms with Crippen LogP contribution >= 0.6 is 0 Å². The van der Waals surface area contributed by atoms with Gasteiger partial charge in [-0.25, -0.2) is 0 Å².